The molecule has 0 saturated carbocycles. The van der Waals surface area contributed by atoms with Crippen LogP contribution in [0.3, 0.4) is 0 Å². The summed E-state index contributed by atoms with van der Waals surface area (Å²) in [7, 11) is 0. The Labute approximate surface area is 117 Å². The summed E-state index contributed by atoms with van der Waals surface area (Å²) in [5, 5.41) is 0.510. The van der Waals surface area contributed by atoms with Gasteiger partial charge in [-0.25, -0.2) is 4.98 Å². The summed E-state index contributed by atoms with van der Waals surface area (Å²) in [6, 6.07) is 7.84. The third-order valence-electron chi connectivity index (χ3n) is 3.38. The monoisotopic (exact) mass is 274 g/mol. The number of hydrogen-bond acceptors (Lipinski definition) is 3. The second-order valence-corrected chi connectivity index (χ2v) is 5.22. The molecule has 0 bridgehead atoms. The summed E-state index contributed by atoms with van der Waals surface area (Å²) in [5.74, 6) is 1.18. The number of ether oxygens (including phenoxy) is 1. The van der Waals surface area contributed by atoms with Crippen molar-refractivity contribution in [1.82, 2.24) is 4.98 Å². The van der Waals surface area contributed by atoms with Gasteiger partial charge < -0.3 is 10.5 Å². The Morgan fingerprint density at radius 2 is 1.89 bits per heavy atom. The Balaban J connectivity index is 1.87. The minimum atomic E-state index is 0.403. The zero-order chi connectivity index (χ0) is 13.2. The fraction of sp³-hybridized carbons (Fsp3) is 0.267. The Morgan fingerprint density at radius 1 is 1.11 bits per heavy atom. The molecule has 19 heavy (non-hydrogen) atoms. The maximum atomic E-state index is 5.84. The van der Waals surface area contributed by atoms with Crippen molar-refractivity contribution in [3.05, 3.63) is 46.6 Å². The highest BCUT2D eigenvalue weighted by Gasteiger charge is 2.11. The molecule has 1 aliphatic rings. The van der Waals surface area contributed by atoms with Crippen LogP contribution in [0.25, 0.3) is 0 Å². The summed E-state index contributed by atoms with van der Waals surface area (Å²) < 4.78 is 5.74. The van der Waals surface area contributed by atoms with E-state index in [4.69, 9.17) is 22.1 Å². The van der Waals surface area contributed by atoms with Crippen LogP contribution in [-0.4, -0.2) is 4.98 Å². The molecule has 2 N–H and O–H groups in total. The first-order chi connectivity index (χ1) is 9.22. The van der Waals surface area contributed by atoms with Gasteiger partial charge in [-0.3, -0.25) is 0 Å². The molecule has 0 unspecified atom stereocenters. The lowest BCUT2D eigenvalue weighted by Crippen LogP contribution is -2.02. The zero-order valence-electron chi connectivity index (χ0n) is 10.5. The lowest BCUT2D eigenvalue weighted by atomic mass is 9.92. The molecule has 2 aromatic rings. The number of aromatic nitrogens is 1. The fourth-order valence-electron chi connectivity index (χ4n) is 2.41. The Bertz CT molecular complexity index is 613. The van der Waals surface area contributed by atoms with E-state index in [1.165, 1.54) is 30.2 Å². The maximum Gasteiger partial charge on any atom is 0.242 e. The quantitative estimate of drug-likeness (QED) is 0.901. The van der Waals surface area contributed by atoms with E-state index in [1.807, 2.05) is 6.07 Å². The van der Waals surface area contributed by atoms with E-state index in [2.05, 4.69) is 17.1 Å². The van der Waals surface area contributed by atoms with Crippen LogP contribution >= 0.6 is 11.6 Å². The van der Waals surface area contributed by atoms with Crippen molar-refractivity contribution in [2.45, 2.75) is 25.7 Å². The van der Waals surface area contributed by atoms with E-state index >= 15 is 0 Å². The van der Waals surface area contributed by atoms with Crippen molar-refractivity contribution in [3.63, 3.8) is 0 Å². The van der Waals surface area contributed by atoms with Gasteiger partial charge in [0, 0.05) is 6.20 Å². The van der Waals surface area contributed by atoms with Crippen LogP contribution in [0.15, 0.2) is 30.5 Å². The molecule has 1 aromatic heterocycles. The highest BCUT2D eigenvalue weighted by Crippen LogP contribution is 2.30. The van der Waals surface area contributed by atoms with E-state index in [-0.39, 0.29) is 0 Å². The highest BCUT2D eigenvalue weighted by atomic mass is 35.5. The second kappa shape index (κ2) is 5.10. The largest absolute Gasteiger partial charge is 0.437 e. The number of nitrogens with zero attached hydrogens (tertiary/aromatic N) is 1. The van der Waals surface area contributed by atoms with E-state index in [0.717, 1.165) is 18.6 Å². The van der Waals surface area contributed by atoms with Crippen molar-refractivity contribution >= 4 is 17.3 Å². The van der Waals surface area contributed by atoms with E-state index in [9.17, 15) is 0 Å². The van der Waals surface area contributed by atoms with Crippen LogP contribution in [0.4, 0.5) is 5.69 Å². The van der Waals surface area contributed by atoms with Crippen LogP contribution in [0.5, 0.6) is 11.6 Å². The first-order valence-corrected chi connectivity index (χ1v) is 6.81. The molecule has 3 rings (SSSR count). The SMILES string of the molecule is Nc1cc(Cl)cnc1Oc1ccc2c(c1)CCCC2. The number of fused-ring (bicyclic) bond motifs is 1. The summed E-state index contributed by atoms with van der Waals surface area (Å²) in [5.41, 5.74) is 9.08. The predicted molar refractivity (Wildman–Crippen MR) is 76.8 cm³/mol. The van der Waals surface area contributed by atoms with Gasteiger partial charge in [0.25, 0.3) is 0 Å². The number of halogens is 1. The molecule has 0 radical (unpaired) electrons. The minimum absolute atomic E-state index is 0.403. The topological polar surface area (TPSA) is 48.1 Å². The molecule has 0 fully saturated rings. The average molecular weight is 275 g/mol. The van der Waals surface area contributed by atoms with Crippen molar-refractivity contribution in [3.8, 4) is 11.6 Å². The number of nitrogen functional groups attached to an aromatic ring is 1. The lowest BCUT2D eigenvalue weighted by Gasteiger charge is -2.16. The van der Waals surface area contributed by atoms with Crippen molar-refractivity contribution in [2.75, 3.05) is 5.73 Å². The first kappa shape index (κ1) is 12.3. The molecule has 3 nitrogen and oxygen atoms in total. The standard InChI is InChI=1S/C15H15ClN2O/c16-12-8-14(17)15(18-9-12)19-13-6-5-10-3-1-2-4-11(10)7-13/h5-9H,1-4,17H2. The summed E-state index contributed by atoms with van der Waals surface area (Å²) in [6.45, 7) is 0. The summed E-state index contributed by atoms with van der Waals surface area (Å²) >= 11 is 5.82. The molecule has 4 heteroatoms. The van der Waals surface area contributed by atoms with Gasteiger partial charge in [-0.2, -0.15) is 0 Å². The molecule has 0 atom stereocenters. The minimum Gasteiger partial charge on any atom is -0.437 e. The first-order valence-electron chi connectivity index (χ1n) is 6.43. The Morgan fingerprint density at radius 3 is 2.68 bits per heavy atom. The number of hydrogen-bond donors (Lipinski definition) is 1. The smallest absolute Gasteiger partial charge is 0.242 e. The molecule has 0 aliphatic heterocycles. The normalized spacial score (nSPS) is 13.9. The van der Waals surface area contributed by atoms with Crippen molar-refractivity contribution < 1.29 is 4.74 Å². The molecule has 0 amide bonds. The molecule has 1 heterocycles. The van der Waals surface area contributed by atoms with Gasteiger partial charge in [0.15, 0.2) is 0 Å². The van der Waals surface area contributed by atoms with Crippen LogP contribution in [-0.2, 0) is 12.8 Å². The maximum absolute atomic E-state index is 5.84. The summed E-state index contributed by atoms with van der Waals surface area (Å²) in [6.07, 6.45) is 6.34. The van der Waals surface area contributed by atoms with Crippen LogP contribution in [0.2, 0.25) is 5.02 Å². The van der Waals surface area contributed by atoms with Gasteiger partial charge in [0.1, 0.15) is 5.75 Å². The van der Waals surface area contributed by atoms with Gasteiger partial charge in [-0.15, -0.1) is 0 Å². The number of nitrogens with two attached hydrogens (primary N) is 1. The molecule has 0 spiro atoms. The predicted octanol–water partition coefficient (Wildman–Crippen LogP) is 3.99. The van der Waals surface area contributed by atoms with E-state index < -0.39 is 0 Å². The van der Waals surface area contributed by atoms with Gasteiger partial charge in [-0.1, -0.05) is 17.7 Å². The van der Waals surface area contributed by atoms with Crippen LogP contribution in [0.1, 0.15) is 24.0 Å². The van der Waals surface area contributed by atoms with Gasteiger partial charge in [0.2, 0.25) is 5.88 Å². The average Bonchev–Trinajstić information content (AvgIpc) is 2.42. The van der Waals surface area contributed by atoms with E-state index in [1.54, 1.807) is 6.07 Å². The second-order valence-electron chi connectivity index (χ2n) is 4.79. The molecule has 98 valence electrons. The van der Waals surface area contributed by atoms with Gasteiger partial charge in [-0.05, 0) is 55.0 Å². The molecule has 1 aromatic carbocycles. The van der Waals surface area contributed by atoms with E-state index in [0.29, 0.717) is 16.6 Å². The van der Waals surface area contributed by atoms with Crippen molar-refractivity contribution in [2.24, 2.45) is 0 Å². The molecule has 0 saturated heterocycles. The number of rotatable bonds is 2. The fourth-order valence-corrected chi connectivity index (χ4v) is 2.58. The third kappa shape index (κ3) is 2.66. The summed E-state index contributed by atoms with van der Waals surface area (Å²) in [4.78, 5) is 4.11. The number of aryl methyl sites for hydroxylation is 2. The number of pyridine rings is 1. The Hall–Kier alpha value is -1.74. The van der Waals surface area contributed by atoms with Gasteiger partial charge in [0.05, 0.1) is 10.7 Å². The van der Waals surface area contributed by atoms with Gasteiger partial charge >= 0.3 is 0 Å². The Kier molecular flexibility index (Phi) is 3.30. The van der Waals surface area contributed by atoms with Crippen molar-refractivity contribution in [1.29, 1.82) is 0 Å². The zero-order valence-corrected chi connectivity index (χ0v) is 11.3. The van der Waals surface area contributed by atoms with Crippen LogP contribution < -0.4 is 10.5 Å². The van der Waals surface area contributed by atoms with Crippen LogP contribution in [0, 0.1) is 0 Å². The number of benzene rings is 1. The molecular weight excluding hydrogens is 260 g/mol. The molecule has 1 aliphatic carbocycles. The highest BCUT2D eigenvalue weighted by molar-refractivity contribution is 6.30. The third-order valence-corrected chi connectivity index (χ3v) is 3.59. The molecular formula is C15H15ClN2O. The number of anilines is 1. The lowest BCUT2D eigenvalue weighted by molar-refractivity contribution is 0.464.